The second-order valence-electron chi connectivity index (χ2n) is 19.5. The lowest BCUT2D eigenvalue weighted by atomic mass is 9.70. The molecular formula is C49H76O14. The van der Waals surface area contributed by atoms with Crippen molar-refractivity contribution in [3.63, 3.8) is 0 Å². The van der Waals surface area contributed by atoms with Crippen molar-refractivity contribution in [1.82, 2.24) is 0 Å². The van der Waals surface area contributed by atoms with Gasteiger partial charge in [0.15, 0.2) is 18.4 Å². The molecule has 1 spiro atoms. The predicted molar refractivity (Wildman–Crippen MR) is 232 cm³/mol. The molecule has 0 aromatic carbocycles. The van der Waals surface area contributed by atoms with Crippen molar-refractivity contribution < 1.29 is 67.1 Å². The molecular weight excluding hydrogens is 813 g/mol. The molecule has 2 N–H and O–H groups in total. The summed E-state index contributed by atoms with van der Waals surface area (Å²) in [6.45, 7) is 16.6. The summed E-state index contributed by atoms with van der Waals surface area (Å²) in [7, 11) is 4.82. The number of rotatable bonds is 9. The van der Waals surface area contributed by atoms with E-state index in [2.05, 4.69) is 46.8 Å². The van der Waals surface area contributed by atoms with E-state index in [4.69, 9.17) is 52.1 Å². The molecule has 0 aromatic rings. The first-order valence-electron chi connectivity index (χ1n) is 23.6. The largest absolute Gasteiger partial charge is 0.462 e. The van der Waals surface area contributed by atoms with Crippen LogP contribution in [0.1, 0.15) is 107 Å². The molecule has 14 nitrogen and oxygen atoms in total. The number of carbonyl (C=O) groups is 1. The van der Waals surface area contributed by atoms with Crippen LogP contribution in [-0.4, -0.2) is 141 Å². The zero-order valence-corrected chi connectivity index (χ0v) is 39.4. The number of methoxy groups -OCH3 is 3. The van der Waals surface area contributed by atoms with Crippen LogP contribution in [0.3, 0.4) is 0 Å². The van der Waals surface area contributed by atoms with Crippen LogP contribution in [-0.2, 0) is 56.9 Å². The predicted octanol–water partition coefficient (Wildman–Crippen LogP) is 6.26. The second kappa shape index (κ2) is 20.4. The van der Waals surface area contributed by atoms with Crippen LogP contribution in [0.25, 0.3) is 0 Å². The van der Waals surface area contributed by atoms with E-state index in [9.17, 15) is 15.0 Å². The highest BCUT2D eigenvalue weighted by Crippen LogP contribution is 2.49. The van der Waals surface area contributed by atoms with Crippen LogP contribution < -0.4 is 0 Å². The molecule has 5 fully saturated rings. The van der Waals surface area contributed by atoms with Gasteiger partial charge >= 0.3 is 5.97 Å². The summed E-state index contributed by atoms with van der Waals surface area (Å²) in [5, 5.41) is 22.0. The number of hydrogen-bond donors (Lipinski definition) is 2. The van der Waals surface area contributed by atoms with Gasteiger partial charge in [0, 0.05) is 59.4 Å². The number of aliphatic hydroxyl groups excluding tert-OH is 2. The molecule has 1 aliphatic carbocycles. The van der Waals surface area contributed by atoms with Crippen LogP contribution in [0.4, 0.5) is 0 Å². The number of esters is 1. The fourth-order valence-corrected chi connectivity index (χ4v) is 11.3. The number of aliphatic hydroxyl groups is 2. The zero-order chi connectivity index (χ0) is 45.4. The summed E-state index contributed by atoms with van der Waals surface area (Å²) in [6.07, 6.45) is 7.83. The van der Waals surface area contributed by atoms with Crippen LogP contribution >= 0.6 is 0 Å². The van der Waals surface area contributed by atoms with E-state index in [1.165, 1.54) is 0 Å². The normalized spacial score (nSPS) is 46.7. The minimum Gasteiger partial charge on any atom is -0.462 e. The van der Waals surface area contributed by atoms with Crippen molar-refractivity contribution in [3.8, 4) is 0 Å². The molecule has 0 aromatic heterocycles. The fourth-order valence-electron chi connectivity index (χ4n) is 11.3. The molecule has 14 heteroatoms. The van der Waals surface area contributed by atoms with Crippen LogP contribution in [0, 0.1) is 23.7 Å². The lowest BCUT2D eigenvalue weighted by molar-refractivity contribution is -0.340. The van der Waals surface area contributed by atoms with E-state index in [1.807, 2.05) is 32.9 Å². The minimum atomic E-state index is -1.28. The molecule has 2 bridgehead atoms. The smallest absolute Gasteiger partial charge is 0.316 e. The van der Waals surface area contributed by atoms with Crippen molar-refractivity contribution >= 4 is 5.97 Å². The molecule has 6 heterocycles. The van der Waals surface area contributed by atoms with E-state index in [-0.39, 0.29) is 30.8 Å². The standard InChI is InChI=1S/C49H76O14/c1-12-26(2)44-29(5)18-19-48(63-44)24-35-21-34(62-48)17-16-28(4)43(60-40-23-38(54-10)45(32(8)58-40)61-39-22-37(53-9)42(51)31(7)57-39)27(3)14-13-15-33-25-56-46-41(50)30(6)20-36(47(52)59-35)49(33,46)55-11/h13-16,20,26-27,29,31-32,34-46,50-51H,12,17-19,21-25H2,1-11H3/t26-,27-,29-,31-,32-,34+,35-,36-,37-,38-,39-,40-,41+,42-,43-,44+,45-,46+,48+,49+/m0/s1. The molecule has 0 amide bonds. The molecule has 0 radical (unpaired) electrons. The van der Waals surface area contributed by atoms with Crippen molar-refractivity contribution in [2.75, 3.05) is 27.9 Å². The van der Waals surface area contributed by atoms with Gasteiger partial charge in [0.05, 0.1) is 49.3 Å². The lowest BCUT2D eigenvalue weighted by Crippen LogP contribution is -2.59. The topological polar surface area (TPSA) is 159 Å². The molecule has 63 heavy (non-hydrogen) atoms. The Morgan fingerprint density at radius 1 is 0.905 bits per heavy atom. The fraction of sp³-hybridized carbons (Fsp3) is 0.816. The van der Waals surface area contributed by atoms with Crippen LogP contribution in [0.2, 0.25) is 0 Å². The third-order valence-corrected chi connectivity index (χ3v) is 15.2. The first kappa shape index (κ1) is 48.9. The third kappa shape index (κ3) is 9.99. The van der Waals surface area contributed by atoms with Gasteiger partial charge in [0.25, 0.3) is 0 Å². The summed E-state index contributed by atoms with van der Waals surface area (Å²) < 4.78 is 70.9. The van der Waals surface area contributed by atoms with Gasteiger partial charge in [-0.15, -0.1) is 0 Å². The molecule has 356 valence electrons. The Bertz CT molecular complexity index is 1690. The number of allylic oxidation sites excluding steroid dienone is 2. The lowest BCUT2D eigenvalue weighted by Gasteiger charge is -2.51. The van der Waals surface area contributed by atoms with Crippen LogP contribution in [0.15, 0.2) is 47.1 Å². The summed E-state index contributed by atoms with van der Waals surface area (Å²) in [5.74, 6) is -1.62. The van der Waals surface area contributed by atoms with E-state index in [1.54, 1.807) is 27.4 Å². The maximum atomic E-state index is 14.6. The van der Waals surface area contributed by atoms with Crippen molar-refractivity contribution in [1.29, 1.82) is 0 Å². The molecule has 20 atom stereocenters. The van der Waals surface area contributed by atoms with E-state index in [0.717, 1.165) is 24.0 Å². The molecule has 0 unspecified atom stereocenters. The average molecular weight is 889 g/mol. The summed E-state index contributed by atoms with van der Waals surface area (Å²) >= 11 is 0. The monoisotopic (exact) mass is 889 g/mol. The van der Waals surface area contributed by atoms with Gasteiger partial charge in [0.1, 0.15) is 42.0 Å². The molecule has 5 saturated heterocycles. The van der Waals surface area contributed by atoms with Gasteiger partial charge < -0.3 is 62.3 Å². The molecule has 6 aliphatic heterocycles. The van der Waals surface area contributed by atoms with Gasteiger partial charge in [-0.2, -0.15) is 0 Å². The summed E-state index contributed by atoms with van der Waals surface area (Å²) in [5.41, 5.74) is 1.10. The Morgan fingerprint density at radius 3 is 2.33 bits per heavy atom. The minimum absolute atomic E-state index is 0.0124. The van der Waals surface area contributed by atoms with Gasteiger partial charge in [-0.25, -0.2) is 0 Å². The average Bonchev–Trinajstić information content (AvgIpc) is 3.64. The first-order chi connectivity index (χ1) is 30.1. The Kier molecular flexibility index (Phi) is 15.9. The Morgan fingerprint density at radius 2 is 1.62 bits per heavy atom. The van der Waals surface area contributed by atoms with E-state index >= 15 is 0 Å². The van der Waals surface area contributed by atoms with Gasteiger partial charge in [-0.1, -0.05) is 64.5 Å². The Hall–Kier alpha value is -2.05. The van der Waals surface area contributed by atoms with Crippen molar-refractivity contribution in [3.05, 3.63) is 47.1 Å². The molecule has 7 aliphatic rings. The number of hydrogen-bond acceptors (Lipinski definition) is 14. The number of ether oxygens (including phenoxy) is 11. The quantitative estimate of drug-likeness (QED) is 0.198. The maximum Gasteiger partial charge on any atom is 0.316 e. The van der Waals surface area contributed by atoms with E-state index < -0.39 is 90.8 Å². The SMILES string of the molecule is CC[C@H](C)[C@H]1O[C@]2(CC[C@@H]1C)C[C@@H]1C[C@@H](CC=C(C)[C@@H](O[C@H]3C[C@H](OC)[C@@H](O[C@H]4C[C@H](OC)[C@@H](O)[C@H](C)O4)[C@H](C)O3)[C@@H](C)C=CC=C3CO[C@@H]4[C@H](O)C(C)=C[C@@H](C(=O)O1)[C@]34OC)O2. The maximum absolute atomic E-state index is 14.6. The van der Waals surface area contributed by atoms with E-state index in [0.29, 0.717) is 55.9 Å². The first-order valence-corrected chi connectivity index (χ1v) is 23.6. The second-order valence-corrected chi connectivity index (χ2v) is 19.5. The highest BCUT2D eigenvalue weighted by molar-refractivity contribution is 5.78. The van der Waals surface area contributed by atoms with Crippen molar-refractivity contribution in [2.24, 2.45) is 23.7 Å². The Labute approximate surface area is 374 Å². The van der Waals surface area contributed by atoms with Crippen molar-refractivity contribution in [2.45, 2.75) is 204 Å². The third-order valence-electron chi connectivity index (χ3n) is 15.2. The highest BCUT2D eigenvalue weighted by atomic mass is 16.7. The van der Waals surface area contributed by atoms with Gasteiger partial charge in [0.2, 0.25) is 0 Å². The summed E-state index contributed by atoms with van der Waals surface area (Å²) in [6, 6.07) is 0. The van der Waals surface area contributed by atoms with Gasteiger partial charge in [-0.3, -0.25) is 4.79 Å². The highest BCUT2D eigenvalue weighted by Gasteiger charge is 2.61. The van der Waals surface area contributed by atoms with Gasteiger partial charge in [-0.05, 0) is 69.1 Å². The molecule has 0 saturated carbocycles. The Balaban J connectivity index is 1.19. The summed E-state index contributed by atoms with van der Waals surface area (Å²) in [4.78, 5) is 14.6. The molecule has 7 rings (SSSR count). The van der Waals surface area contributed by atoms with Crippen LogP contribution in [0.5, 0.6) is 0 Å². The number of carbonyl (C=O) groups excluding carboxylic acids is 1. The zero-order valence-electron chi connectivity index (χ0n) is 39.4. The number of fused-ring (bicyclic) bond motifs is 2.